The first kappa shape index (κ1) is 13.0. The first-order chi connectivity index (χ1) is 8.17. The molecule has 1 unspecified atom stereocenters. The fraction of sp³-hybridized carbons (Fsp3) is 0.692. The van der Waals surface area contributed by atoms with Crippen LogP contribution < -0.4 is 5.73 Å². The highest BCUT2D eigenvalue weighted by molar-refractivity contribution is 7.11. The van der Waals surface area contributed by atoms with Gasteiger partial charge in [-0.2, -0.15) is 0 Å². The third-order valence-electron chi connectivity index (χ3n) is 3.40. The number of rotatable bonds is 5. The van der Waals surface area contributed by atoms with E-state index in [9.17, 15) is 0 Å². The molecule has 96 valence electrons. The van der Waals surface area contributed by atoms with Gasteiger partial charge in [-0.3, -0.25) is 0 Å². The fourth-order valence-electron chi connectivity index (χ4n) is 2.56. The second kappa shape index (κ2) is 5.96. The van der Waals surface area contributed by atoms with Crippen molar-refractivity contribution < 1.29 is 0 Å². The van der Waals surface area contributed by atoms with E-state index in [1.54, 1.807) is 0 Å². The zero-order valence-electron chi connectivity index (χ0n) is 10.9. The van der Waals surface area contributed by atoms with Crippen molar-refractivity contribution in [2.75, 3.05) is 33.7 Å². The minimum absolute atomic E-state index is 0.668. The Labute approximate surface area is 108 Å². The number of hydrogen-bond acceptors (Lipinski definition) is 4. The molecule has 4 heteroatoms. The SMILES string of the molecule is CN1CCC(CN(C)Cc2ccc(CN)s2)C1. The molecule has 2 N–H and O–H groups in total. The Balaban J connectivity index is 1.78. The van der Waals surface area contributed by atoms with Crippen LogP contribution in [0.25, 0.3) is 0 Å². The summed E-state index contributed by atoms with van der Waals surface area (Å²) in [6.45, 7) is 5.45. The van der Waals surface area contributed by atoms with Gasteiger partial charge >= 0.3 is 0 Å². The highest BCUT2D eigenvalue weighted by atomic mass is 32.1. The maximum Gasteiger partial charge on any atom is 0.0325 e. The standard InChI is InChI=1S/C13H23N3S/c1-15-6-5-11(8-15)9-16(2)10-13-4-3-12(7-14)17-13/h3-4,11H,5-10,14H2,1-2H3. The minimum atomic E-state index is 0.668. The lowest BCUT2D eigenvalue weighted by molar-refractivity contribution is 0.269. The molecule has 2 heterocycles. The lowest BCUT2D eigenvalue weighted by atomic mass is 10.1. The van der Waals surface area contributed by atoms with Gasteiger partial charge < -0.3 is 15.5 Å². The average molecular weight is 253 g/mol. The first-order valence-corrected chi connectivity index (χ1v) is 7.13. The van der Waals surface area contributed by atoms with Gasteiger partial charge in [-0.15, -0.1) is 11.3 Å². The Kier molecular flexibility index (Phi) is 4.56. The molecule has 2 rings (SSSR count). The fourth-order valence-corrected chi connectivity index (χ4v) is 3.54. The highest BCUT2D eigenvalue weighted by Crippen LogP contribution is 2.20. The summed E-state index contributed by atoms with van der Waals surface area (Å²) < 4.78 is 0. The summed E-state index contributed by atoms with van der Waals surface area (Å²) in [5, 5.41) is 0. The van der Waals surface area contributed by atoms with E-state index in [0.29, 0.717) is 6.54 Å². The number of nitrogens with zero attached hydrogens (tertiary/aromatic N) is 2. The Morgan fingerprint density at radius 2 is 2.24 bits per heavy atom. The quantitative estimate of drug-likeness (QED) is 0.865. The van der Waals surface area contributed by atoms with Crippen LogP contribution in [0, 0.1) is 5.92 Å². The van der Waals surface area contributed by atoms with E-state index in [-0.39, 0.29) is 0 Å². The summed E-state index contributed by atoms with van der Waals surface area (Å²) in [5.74, 6) is 0.846. The van der Waals surface area contributed by atoms with Crippen molar-refractivity contribution >= 4 is 11.3 Å². The normalized spacial score (nSPS) is 21.5. The van der Waals surface area contributed by atoms with Crippen molar-refractivity contribution in [2.45, 2.75) is 19.5 Å². The molecule has 0 spiro atoms. The Bertz CT molecular complexity index is 350. The molecule has 3 nitrogen and oxygen atoms in total. The number of thiophene rings is 1. The predicted octanol–water partition coefficient (Wildman–Crippen LogP) is 1.59. The Morgan fingerprint density at radius 1 is 1.47 bits per heavy atom. The smallest absolute Gasteiger partial charge is 0.0325 e. The molecule has 17 heavy (non-hydrogen) atoms. The summed E-state index contributed by atoms with van der Waals surface area (Å²) in [5.41, 5.74) is 5.63. The van der Waals surface area contributed by atoms with E-state index < -0.39 is 0 Å². The maximum absolute atomic E-state index is 5.63. The Morgan fingerprint density at radius 3 is 2.82 bits per heavy atom. The number of likely N-dealkylation sites (tertiary alicyclic amines) is 1. The van der Waals surface area contributed by atoms with Crippen molar-refractivity contribution in [3.8, 4) is 0 Å². The summed E-state index contributed by atoms with van der Waals surface area (Å²) in [6, 6.07) is 4.36. The molecule has 0 radical (unpaired) electrons. The number of hydrogen-bond donors (Lipinski definition) is 1. The van der Waals surface area contributed by atoms with E-state index in [0.717, 1.165) is 12.5 Å². The molecule has 1 atom stereocenters. The van der Waals surface area contributed by atoms with E-state index >= 15 is 0 Å². The minimum Gasteiger partial charge on any atom is -0.326 e. The third kappa shape index (κ3) is 3.78. The van der Waals surface area contributed by atoms with Crippen LogP contribution in [0.5, 0.6) is 0 Å². The topological polar surface area (TPSA) is 32.5 Å². The molecule has 0 bridgehead atoms. The van der Waals surface area contributed by atoms with Crippen LogP contribution in [0.3, 0.4) is 0 Å². The highest BCUT2D eigenvalue weighted by Gasteiger charge is 2.20. The second-order valence-electron chi connectivity index (χ2n) is 5.19. The largest absolute Gasteiger partial charge is 0.326 e. The molecular weight excluding hydrogens is 230 g/mol. The molecule has 0 aromatic carbocycles. The molecule has 1 aromatic heterocycles. The average Bonchev–Trinajstić information content (AvgIpc) is 2.88. The van der Waals surface area contributed by atoms with Gasteiger partial charge in [0.2, 0.25) is 0 Å². The Hall–Kier alpha value is -0.420. The van der Waals surface area contributed by atoms with E-state index in [1.165, 1.54) is 35.8 Å². The molecule has 0 saturated carbocycles. The second-order valence-corrected chi connectivity index (χ2v) is 6.44. The molecule has 1 aliphatic heterocycles. The zero-order chi connectivity index (χ0) is 12.3. The monoisotopic (exact) mass is 253 g/mol. The molecule has 0 aliphatic carbocycles. The van der Waals surface area contributed by atoms with Crippen LogP contribution >= 0.6 is 11.3 Å². The van der Waals surface area contributed by atoms with Gasteiger partial charge in [-0.25, -0.2) is 0 Å². The van der Waals surface area contributed by atoms with Crippen LogP contribution in [-0.2, 0) is 13.1 Å². The van der Waals surface area contributed by atoms with Gasteiger partial charge in [0.05, 0.1) is 0 Å². The number of nitrogens with two attached hydrogens (primary N) is 1. The molecular formula is C13H23N3S. The van der Waals surface area contributed by atoms with Gasteiger partial charge in [0.1, 0.15) is 0 Å². The van der Waals surface area contributed by atoms with Crippen molar-refractivity contribution in [3.05, 3.63) is 21.9 Å². The van der Waals surface area contributed by atoms with Crippen molar-refractivity contribution in [2.24, 2.45) is 11.7 Å². The van der Waals surface area contributed by atoms with Crippen molar-refractivity contribution in [1.29, 1.82) is 0 Å². The summed E-state index contributed by atoms with van der Waals surface area (Å²) in [6.07, 6.45) is 1.35. The van der Waals surface area contributed by atoms with Gasteiger partial charge in [-0.1, -0.05) is 0 Å². The van der Waals surface area contributed by atoms with Gasteiger partial charge in [-0.05, 0) is 45.1 Å². The maximum atomic E-state index is 5.63. The third-order valence-corrected chi connectivity index (χ3v) is 4.50. The zero-order valence-corrected chi connectivity index (χ0v) is 11.7. The van der Waals surface area contributed by atoms with Crippen LogP contribution in [0.4, 0.5) is 0 Å². The molecule has 1 fully saturated rings. The van der Waals surface area contributed by atoms with Crippen LogP contribution in [0.15, 0.2) is 12.1 Å². The lowest BCUT2D eigenvalue weighted by Gasteiger charge is -2.20. The molecule has 1 aliphatic rings. The van der Waals surface area contributed by atoms with E-state index in [2.05, 4.69) is 36.0 Å². The van der Waals surface area contributed by atoms with Crippen LogP contribution in [-0.4, -0.2) is 43.5 Å². The van der Waals surface area contributed by atoms with E-state index in [1.807, 2.05) is 11.3 Å². The van der Waals surface area contributed by atoms with E-state index in [4.69, 9.17) is 5.73 Å². The summed E-state index contributed by atoms with van der Waals surface area (Å²) in [4.78, 5) is 7.58. The van der Waals surface area contributed by atoms with Gasteiger partial charge in [0, 0.05) is 35.9 Å². The van der Waals surface area contributed by atoms with Gasteiger partial charge in [0.15, 0.2) is 0 Å². The summed E-state index contributed by atoms with van der Waals surface area (Å²) >= 11 is 1.84. The van der Waals surface area contributed by atoms with Crippen molar-refractivity contribution in [3.63, 3.8) is 0 Å². The van der Waals surface area contributed by atoms with Crippen LogP contribution in [0.2, 0.25) is 0 Å². The predicted molar refractivity (Wildman–Crippen MR) is 74.1 cm³/mol. The molecule has 1 aromatic rings. The summed E-state index contributed by atoms with van der Waals surface area (Å²) in [7, 11) is 4.44. The van der Waals surface area contributed by atoms with Crippen LogP contribution in [0.1, 0.15) is 16.2 Å². The molecule has 0 amide bonds. The van der Waals surface area contributed by atoms with Crippen molar-refractivity contribution in [1.82, 2.24) is 9.80 Å². The van der Waals surface area contributed by atoms with Gasteiger partial charge in [0.25, 0.3) is 0 Å². The first-order valence-electron chi connectivity index (χ1n) is 6.32. The molecule has 1 saturated heterocycles. The lowest BCUT2D eigenvalue weighted by Crippen LogP contribution is -2.26.